The van der Waals surface area contributed by atoms with Crippen molar-refractivity contribution in [3.8, 4) is 5.75 Å². The number of rotatable bonds is 7. The van der Waals surface area contributed by atoms with Crippen LogP contribution in [0.15, 0.2) is 54.6 Å². The molecule has 3 N–H and O–H groups in total. The highest BCUT2D eigenvalue weighted by atomic mass is 16.5. The molecule has 27 heavy (non-hydrogen) atoms. The third-order valence-corrected chi connectivity index (χ3v) is 4.01. The first-order chi connectivity index (χ1) is 13.0. The lowest BCUT2D eigenvalue weighted by Crippen LogP contribution is -2.48. The Morgan fingerprint density at radius 2 is 1.78 bits per heavy atom. The molecular weight excluding hydrogens is 344 g/mol. The van der Waals surface area contributed by atoms with Crippen LogP contribution in [0.2, 0.25) is 0 Å². The van der Waals surface area contributed by atoms with Gasteiger partial charge in [0.1, 0.15) is 11.8 Å². The first kappa shape index (κ1) is 18.4. The van der Waals surface area contributed by atoms with E-state index < -0.39 is 6.04 Å². The maximum absolute atomic E-state index is 12.6. The number of aromatic amines is 1. The molecule has 1 aromatic heterocycles. The fourth-order valence-electron chi connectivity index (χ4n) is 2.62. The molecule has 1 atom stereocenters. The number of anilines is 1. The highest BCUT2D eigenvalue weighted by molar-refractivity contribution is 5.97. The first-order valence-corrected chi connectivity index (χ1v) is 8.76. The highest BCUT2D eigenvalue weighted by Gasteiger charge is 2.25. The highest BCUT2D eigenvalue weighted by Crippen LogP contribution is 2.14. The van der Waals surface area contributed by atoms with E-state index in [4.69, 9.17) is 4.74 Å². The third kappa shape index (κ3) is 4.84. The molecule has 0 bridgehead atoms. The SMILES string of the molecule is CC(C)C(NC(=O)COc1ccccc1)C(=O)Nc1nc2ccccc2[nH]1. The normalized spacial score (nSPS) is 12.0. The van der Waals surface area contributed by atoms with Crippen LogP contribution in [0.25, 0.3) is 11.0 Å². The van der Waals surface area contributed by atoms with Crippen LogP contribution in [0.3, 0.4) is 0 Å². The van der Waals surface area contributed by atoms with Gasteiger partial charge in [-0.2, -0.15) is 0 Å². The summed E-state index contributed by atoms with van der Waals surface area (Å²) in [5, 5.41) is 5.45. The van der Waals surface area contributed by atoms with Crippen molar-refractivity contribution in [3.63, 3.8) is 0 Å². The van der Waals surface area contributed by atoms with Gasteiger partial charge in [0.15, 0.2) is 6.61 Å². The van der Waals surface area contributed by atoms with E-state index in [2.05, 4.69) is 20.6 Å². The Hall–Kier alpha value is -3.35. The molecule has 1 heterocycles. The number of aromatic nitrogens is 2. The standard InChI is InChI=1S/C20H22N4O3/c1-13(2)18(23-17(25)12-27-14-8-4-3-5-9-14)19(26)24-20-21-15-10-6-7-11-16(15)22-20/h3-11,13,18H,12H2,1-2H3,(H,23,25)(H2,21,22,24,26). The Balaban J connectivity index is 1.60. The van der Waals surface area contributed by atoms with Crippen LogP contribution in [-0.4, -0.2) is 34.4 Å². The zero-order valence-electron chi connectivity index (χ0n) is 15.2. The first-order valence-electron chi connectivity index (χ1n) is 8.76. The molecule has 7 nitrogen and oxygen atoms in total. The van der Waals surface area contributed by atoms with Gasteiger partial charge in [0.2, 0.25) is 11.9 Å². The number of nitrogens with zero attached hydrogens (tertiary/aromatic N) is 1. The largest absolute Gasteiger partial charge is 0.484 e. The third-order valence-electron chi connectivity index (χ3n) is 4.01. The molecule has 0 aliphatic heterocycles. The summed E-state index contributed by atoms with van der Waals surface area (Å²) in [5.41, 5.74) is 1.59. The molecule has 0 radical (unpaired) electrons. The monoisotopic (exact) mass is 366 g/mol. The summed E-state index contributed by atoms with van der Waals surface area (Å²) in [6.07, 6.45) is 0. The molecule has 0 spiro atoms. The Bertz CT molecular complexity index is 888. The summed E-state index contributed by atoms with van der Waals surface area (Å²) in [6, 6.07) is 15.8. The van der Waals surface area contributed by atoms with Crippen molar-refractivity contribution in [1.29, 1.82) is 0 Å². The summed E-state index contributed by atoms with van der Waals surface area (Å²) < 4.78 is 5.42. The average molecular weight is 366 g/mol. The second kappa shape index (κ2) is 8.35. The number of benzene rings is 2. The summed E-state index contributed by atoms with van der Waals surface area (Å²) in [4.78, 5) is 32.2. The fraction of sp³-hybridized carbons (Fsp3) is 0.250. The average Bonchev–Trinajstić information content (AvgIpc) is 3.07. The molecule has 7 heteroatoms. The van der Waals surface area contributed by atoms with E-state index in [1.807, 2.05) is 56.3 Å². The number of ether oxygens (including phenoxy) is 1. The van der Waals surface area contributed by atoms with Crippen LogP contribution < -0.4 is 15.4 Å². The predicted molar refractivity (Wildman–Crippen MR) is 103 cm³/mol. The van der Waals surface area contributed by atoms with Crippen LogP contribution in [-0.2, 0) is 9.59 Å². The molecule has 3 rings (SSSR count). The van der Waals surface area contributed by atoms with E-state index in [9.17, 15) is 9.59 Å². The van der Waals surface area contributed by atoms with Gasteiger partial charge in [-0.15, -0.1) is 0 Å². The van der Waals surface area contributed by atoms with E-state index >= 15 is 0 Å². The number of carbonyl (C=O) groups is 2. The van der Waals surface area contributed by atoms with Gasteiger partial charge in [-0.3, -0.25) is 14.9 Å². The zero-order valence-corrected chi connectivity index (χ0v) is 15.2. The van der Waals surface area contributed by atoms with E-state index in [0.717, 1.165) is 11.0 Å². The molecule has 1 unspecified atom stereocenters. The number of imidazole rings is 1. The number of hydrogen-bond acceptors (Lipinski definition) is 4. The van der Waals surface area contributed by atoms with Crippen LogP contribution in [0, 0.1) is 5.92 Å². The topological polar surface area (TPSA) is 96.1 Å². The van der Waals surface area contributed by atoms with Crippen molar-refractivity contribution in [2.45, 2.75) is 19.9 Å². The van der Waals surface area contributed by atoms with Crippen molar-refractivity contribution in [1.82, 2.24) is 15.3 Å². The summed E-state index contributed by atoms with van der Waals surface area (Å²) in [5.74, 6) is 0.145. The van der Waals surface area contributed by atoms with Crippen LogP contribution in [0.1, 0.15) is 13.8 Å². The number of carbonyl (C=O) groups excluding carboxylic acids is 2. The van der Waals surface area contributed by atoms with E-state index in [1.54, 1.807) is 12.1 Å². The van der Waals surface area contributed by atoms with Crippen LogP contribution in [0.4, 0.5) is 5.95 Å². The second-order valence-electron chi connectivity index (χ2n) is 6.48. The molecule has 2 aromatic carbocycles. The van der Waals surface area contributed by atoms with Crippen molar-refractivity contribution in [2.75, 3.05) is 11.9 Å². The van der Waals surface area contributed by atoms with E-state index in [1.165, 1.54) is 0 Å². The minimum absolute atomic E-state index is 0.102. The van der Waals surface area contributed by atoms with E-state index in [0.29, 0.717) is 11.7 Å². The van der Waals surface area contributed by atoms with Gasteiger partial charge in [-0.25, -0.2) is 4.98 Å². The Morgan fingerprint density at radius 1 is 1.07 bits per heavy atom. The number of para-hydroxylation sites is 3. The lowest BCUT2D eigenvalue weighted by atomic mass is 10.0. The number of fused-ring (bicyclic) bond motifs is 1. The van der Waals surface area contributed by atoms with Crippen LogP contribution in [0.5, 0.6) is 5.75 Å². The molecular formula is C20H22N4O3. The smallest absolute Gasteiger partial charge is 0.258 e. The van der Waals surface area contributed by atoms with E-state index in [-0.39, 0.29) is 24.3 Å². The minimum atomic E-state index is -0.704. The van der Waals surface area contributed by atoms with Gasteiger partial charge in [-0.1, -0.05) is 44.2 Å². The Kier molecular flexibility index (Phi) is 5.71. The van der Waals surface area contributed by atoms with Gasteiger partial charge < -0.3 is 15.0 Å². The molecule has 0 saturated heterocycles. The molecule has 3 aromatic rings. The van der Waals surface area contributed by atoms with Gasteiger partial charge >= 0.3 is 0 Å². The quantitative estimate of drug-likeness (QED) is 0.599. The Labute approximate surface area is 157 Å². The Morgan fingerprint density at radius 3 is 2.48 bits per heavy atom. The molecule has 2 amide bonds. The predicted octanol–water partition coefficient (Wildman–Crippen LogP) is 2.72. The van der Waals surface area contributed by atoms with Crippen LogP contribution >= 0.6 is 0 Å². The second-order valence-corrected chi connectivity index (χ2v) is 6.48. The minimum Gasteiger partial charge on any atom is -0.484 e. The van der Waals surface area contributed by atoms with Gasteiger partial charge in [0.05, 0.1) is 11.0 Å². The molecule has 0 aliphatic carbocycles. The van der Waals surface area contributed by atoms with Gasteiger partial charge in [-0.05, 0) is 30.2 Å². The maximum Gasteiger partial charge on any atom is 0.258 e. The zero-order chi connectivity index (χ0) is 19.2. The van der Waals surface area contributed by atoms with Crippen molar-refractivity contribution >= 4 is 28.8 Å². The van der Waals surface area contributed by atoms with Gasteiger partial charge in [0, 0.05) is 0 Å². The molecule has 0 aliphatic rings. The number of hydrogen-bond donors (Lipinski definition) is 3. The lowest BCUT2D eigenvalue weighted by molar-refractivity contribution is -0.128. The van der Waals surface area contributed by atoms with Crippen molar-refractivity contribution in [2.24, 2.45) is 5.92 Å². The van der Waals surface area contributed by atoms with Crippen molar-refractivity contribution < 1.29 is 14.3 Å². The van der Waals surface area contributed by atoms with Gasteiger partial charge in [0.25, 0.3) is 5.91 Å². The lowest BCUT2D eigenvalue weighted by Gasteiger charge is -2.21. The summed E-state index contributed by atoms with van der Waals surface area (Å²) in [7, 11) is 0. The number of nitrogens with one attached hydrogen (secondary N) is 3. The molecule has 140 valence electrons. The fourth-order valence-corrected chi connectivity index (χ4v) is 2.62. The molecule has 0 fully saturated rings. The number of amides is 2. The molecule has 0 saturated carbocycles. The summed E-state index contributed by atoms with van der Waals surface area (Å²) >= 11 is 0. The number of H-pyrrole nitrogens is 1. The maximum atomic E-state index is 12.6. The van der Waals surface area contributed by atoms with Crippen molar-refractivity contribution in [3.05, 3.63) is 54.6 Å². The summed E-state index contributed by atoms with van der Waals surface area (Å²) in [6.45, 7) is 3.56.